The van der Waals surface area contributed by atoms with Crippen LogP contribution in [0.1, 0.15) is 5.56 Å². The van der Waals surface area contributed by atoms with Crippen molar-refractivity contribution in [2.75, 3.05) is 0 Å². The topological polar surface area (TPSA) is 129 Å². The van der Waals surface area contributed by atoms with Crippen LogP contribution in [0.4, 0.5) is 0 Å². The van der Waals surface area contributed by atoms with Gasteiger partial charge in [0.25, 0.3) is 0 Å². The summed E-state index contributed by atoms with van der Waals surface area (Å²) < 4.78 is 30.7. The van der Waals surface area contributed by atoms with E-state index in [1.807, 2.05) is 0 Å². The van der Waals surface area contributed by atoms with Crippen LogP contribution in [0, 0.1) is 0 Å². The second-order valence-corrected chi connectivity index (χ2v) is 4.51. The van der Waals surface area contributed by atoms with Crippen molar-refractivity contribution in [1.82, 2.24) is 0 Å². The Morgan fingerprint density at radius 3 is 1.78 bits per heavy atom. The molecule has 0 saturated carbocycles. The first-order valence-electron chi connectivity index (χ1n) is 4.49. The van der Waals surface area contributed by atoms with Gasteiger partial charge in [-0.05, 0) is 5.56 Å². The lowest BCUT2D eigenvalue weighted by Crippen LogP contribution is -2.18. The van der Waals surface area contributed by atoms with E-state index in [4.69, 9.17) is 14.8 Å². The van der Waals surface area contributed by atoms with Gasteiger partial charge in [-0.15, -0.1) is 0 Å². The summed E-state index contributed by atoms with van der Waals surface area (Å²) in [5, 5.41) is 17.6. The standard InChI is InChI=1S/C10H8O7S/c11-9(12)7(6-4-2-1-3-5-6)8(10(13)14)18(15,16)17/h1-5H,(H,11,12)(H,13,14)(H,15,16,17). The molecule has 0 aliphatic rings. The van der Waals surface area contributed by atoms with Crippen molar-refractivity contribution < 1.29 is 32.8 Å². The third kappa shape index (κ3) is 2.93. The molecule has 0 spiro atoms. The zero-order chi connectivity index (χ0) is 13.9. The van der Waals surface area contributed by atoms with Gasteiger partial charge < -0.3 is 10.2 Å². The van der Waals surface area contributed by atoms with E-state index in [0.717, 1.165) is 0 Å². The second kappa shape index (κ2) is 4.98. The van der Waals surface area contributed by atoms with Gasteiger partial charge in [-0.1, -0.05) is 30.3 Å². The molecule has 96 valence electrons. The summed E-state index contributed by atoms with van der Waals surface area (Å²) in [7, 11) is -5.16. The predicted octanol–water partition coefficient (Wildman–Crippen LogP) is 0.455. The fraction of sp³-hybridized carbons (Fsp3) is 0. The van der Waals surface area contributed by atoms with Gasteiger partial charge in [-0.25, -0.2) is 9.59 Å². The Kier molecular flexibility index (Phi) is 3.84. The first kappa shape index (κ1) is 13.9. The molecule has 7 nitrogen and oxygen atoms in total. The largest absolute Gasteiger partial charge is 0.478 e. The fourth-order valence-electron chi connectivity index (χ4n) is 1.30. The van der Waals surface area contributed by atoms with Crippen LogP contribution < -0.4 is 0 Å². The summed E-state index contributed by atoms with van der Waals surface area (Å²) in [6, 6.07) is 6.79. The predicted molar refractivity (Wildman–Crippen MR) is 60.2 cm³/mol. The molecule has 8 heteroatoms. The van der Waals surface area contributed by atoms with Gasteiger partial charge in [0.15, 0.2) is 4.91 Å². The smallest absolute Gasteiger partial charge is 0.350 e. The molecule has 1 aromatic rings. The van der Waals surface area contributed by atoms with E-state index in [-0.39, 0.29) is 5.56 Å². The summed E-state index contributed by atoms with van der Waals surface area (Å²) in [6.45, 7) is 0. The minimum atomic E-state index is -5.16. The number of carbonyl (C=O) groups is 2. The van der Waals surface area contributed by atoms with Crippen LogP contribution in [0.15, 0.2) is 35.2 Å². The molecule has 1 rings (SSSR count). The van der Waals surface area contributed by atoms with Gasteiger partial charge in [0.2, 0.25) is 0 Å². The molecule has 0 aliphatic heterocycles. The molecule has 0 amide bonds. The highest BCUT2D eigenvalue weighted by Gasteiger charge is 2.31. The summed E-state index contributed by atoms with van der Waals surface area (Å²) >= 11 is 0. The normalized spacial score (nSPS) is 12.7. The van der Waals surface area contributed by atoms with Crippen molar-refractivity contribution in [2.24, 2.45) is 0 Å². The molecular weight excluding hydrogens is 264 g/mol. The van der Waals surface area contributed by atoms with Crippen molar-refractivity contribution in [3.63, 3.8) is 0 Å². The molecule has 0 fully saturated rings. The Bertz CT molecular complexity index is 613. The van der Waals surface area contributed by atoms with Gasteiger partial charge in [0, 0.05) is 0 Å². The Morgan fingerprint density at radius 2 is 1.44 bits per heavy atom. The molecule has 3 N–H and O–H groups in total. The van der Waals surface area contributed by atoms with Crippen molar-refractivity contribution in [2.45, 2.75) is 0 Å². The number of benzene rings is 1. The van der Waals surface area contributed by atoms with E-state index >= 15 is 0 Å². The lowest BCUT2D eigenvalue weighted by atomic mass is 10.1. The third-order valence-electron chi connectivity index (χ3n) is 1.96. The molecule has 0 atom stereocenters. The molecular formula is C10H8O7S. The average molecular weight is 272 g/mol. The van der Waals surface area contributed by atoms with Gasteiger partial charge in [-0.3, -0.25) is 4.55 Å². The minimum Gasteiger partial charge on any atom is -0.478 e. The molecule has 0 aromatic heterocycles. The zero-order valence-corrected chi connectivity index (χ0v) is 9.59. The summed E-state index contributed by atoms with van der Waals surface area (Å²) in [5.41, 5.74) is -1.13. The molecule has 0 unspecified atom stereocenters. The first-order valence-corrected chi connectivity index (χ1v) is 5.93. The lowest BCUT2D eigenvalue weighted by Gasteiger charge is -2.06. The number of carboxylic acid groups (broad SMARTS) is 2. The van der Waals surface area contributed by atoms with Crippen LogP contribution in [0.3, 0.4) is 0 Å². The van der Waals surface area contributed by atoms with Gasteiger partial charge in [-0.2, -0.15) is 8.42 Å². The Morgan fingerprint density at radius 1 is 0.944 bits per heavy atom. The molecule has 0 radical (unpaired) electrons. The van der Waals surface area contributed by atoms with Crippen LogP contribution in [0.5, 0.6) is 0 Å². The highest BCUT2D eigenvalue weighted by molar-refractivity contribution is 7.91. The second-order valence-electron chi connectivity index (χ2n) is 3.16. The number of carboxylic acids is 2. The zero-order valence-electron chi connectivity index (χ0n) is 8.77. The minimum absolute atomic E-state index is 0.139. The Labute approximate surface area is 102 Å². The Balaban J connectivity index is 3.72. The maximum atomic E-state index is 11.0. The lowest BCUT2D eigenvalue weighted by molar-refractivity contribution is -0.133. The van der Waals surface area contributed by atoms with E-state index in [1.165, 1.54) is 30.3 Å². The van der Waals surface area contributed by atoms with Crippen molar-refractivity contribution in [3.8, 4) is 0 Å². The quantitative estimate of drug-likeness (QED) is 0.536. The molecule has 1 aromatic carbocycles. The molecule has 0 saturated heterocycles. The number of hydrogen-bond acceptors (Lipinski definition) is 4. The van der Waals surface area contributed by atoms with Crippen LogP contribution in [0.2, 0.25) is 0 Å². The van der Waals surface area contributed by atoms with Gasteiger partial charge >= 0.3 is 22.1 Å². The van der Waals surface area contributed by atoms with Crippen molar-refractivity contribution >= 4 is 27.6 Å². The van der Waals surface area contributed by atoms with Crippen LogP contribution >= 0.6 is 0 Å². The van der Waals surface area contributed by atoms with Gasteiger partial charge in [0.05, 0.1) is 5.57 Å². The summed E-state index contributed by atoms with van der Waals surface area (Å²) in [5.74, 6) is -3.81. The van der Waals surface area contributed by atoms with E-state index < -0.39 is 32.5 Å². The summed E-state index contributed by atoms with van der Waals surface area (Å²) in [4.78, 5) is 20.2. The van der Waals surface area contributed by atoms with Gasteiger partial charge in [0.1, 0.15) is 0 Å². The average Bonchev–Trinajstić information content (AvgIpc) is 2.24. The highest BCUT2D eigenvalue weighted by atomic mass is 32.2. The summed E-state index contributed by atoms with van der Waals surface area (Å²) in [6.07, 6.45) is 0. The Hall–Kier alpha value is -2.19. The third-order valence-corrected chi connectivity index (χ3v) is 2.85. The first-order chi connectivity index (χ1) is 8.25. The van der Waals surface area contributed by atoms with Crippen molar-refractivity contribution in [1.29, 1.82) is 0 Å². The number of rotatable bonds is 4. The van der Waals surface area contributed by atoms with E-state index in [1.54, 1.807) is 0 Å². The van der Waals surface area contributed by atoms with Crippen molar-refractivity contribution in [3.05, 3.63) is 40.8 Å². The SMILES string of the molecule is O=C(O)C(=C(C(=O)O)S(=O)(=O)O)c1ccccc1. The highest BCUT2D eigenvalue weighted by Crippen LogP contribution is 2.22. The van der Waals surface area contributed by atoms with E-state index in [9.17, 15) is 18.0 Å². The molecule has 0 aliphatic carbocycles. The number of aliphatic carboxylic acids is 2. The molecule has 0 heterocycles. The monoisotopic (exact) mass is 272 g/mol. The van der Waals surface area contributed by atoms with Crippen LogP contribution in [-0.2, 0) is 19.7 Å². The molecule has 0 bridgehead atoms. The van der Waals surface area contributed by atoms with E-state index in [0.29, 0.717) is 0 Å². The van der Waals surface area contributed by atoms with E-state index in [2.05, 4.69) is 0 Å². The maximum Gasteiger partial charge on any atom is 0.350 e. The molecule has 18 heavy (non-hydrogen) atoms. The fourth-order valence-corrected chi connectivity index (χ4v) is 1.99. The number of hydrogen-bond donors (Lipinski definition) is 3. The maximum absolute atomic E-state index is 11.0. The van der Waals surface area contributed by atoms with Crippen LogP contribution in [-0.4, -0.2) is 35.1 Å². The van der Waals surface area contributed by atoms with Crippen LogP contribution in [0.25, 0.3) is 5.57 Å².